The fraction of sp³-hybridized carbons (Fsp3) is 0.643. The average molecular weight is 314 g/mol. The third kappa shape index (κ3) is 3.53. The lowest BCUT2D eigenvalue weighted by atomic mass is 9.85. The molecular weight excluding hydrogens is 294 g/mol. The molecule has 1 aliphatic rings. The first-order valence-corrected chi connectivity index (χ1v) is 7.39. The zero-order chi connectivity index (χ0) is 13.0. The number of aliphatic hydroxyl groups is 2. The van der Waals surface area contributed by atoms with Crippen molar-refractivity contribution in [2.75, 3.05) is 0 Å². The van der Waals surface area contributed by atoms with Crippen molar-refractivity contribution in [3.8, 4) is 0 Å². The van der Waals surface area contributed by atoms with E-state index < -0.39 is 11.7 Å². The second-order valence-electron chi connectivity index (χ2n) is 5.25. The van der Waals surface area contributed by atoms with Gasteiger partial charge < -0.3 is 10.2 Å². The van der Waals surface area contributed by atoms with Crippen LogP contribution in [0, 0.1) is 0 Å². The molecule has 0 spiro atoms. The molecule has 3 nitrogen and oxygen atoms in total. The minimum atomic E-state index is -0.918. The molecule has 1 atom stereocenters. The van der Waals surface area contributed by atoms with Gasteiger partial charge in [-0.1, -0.05) is 25.7 Å². The molecule has 1 heterocycles. The monoisotopic (exact) mass is 313 g/mol. The molecule has 2 N–H and O–H groups in total. The molecule has 0 radical (unpaired) electrons. The van der Waals surface area contributed by atoms with Crippen LogP contribution in [0.15, 0.2) is 22.9 Å². The summed E-state index contributed by atoms with van der Waals surface area (Å²) in [5.41, 5.74) is 0.0354. The van der Waals surface area contributed by atoms with Crippen molar-refractivity contribution in [3.05, 3.63) is 28.5 Å². The maximum Gasteiger partial charge on any atom is 0.0908 e. The number of aliphatic hydroxyl groups excluding tert-OH is 1. The lowest BCUT2D eigenvalue weighted by Crippen LogP contribution is -2.43. The van der Waals surface area contributed by atoms with E-state index in [1.807, 2.05) is 6.07 Å². The highest BCUT2D eigenvalue weighted by atomic mass is 79.9. The van der Waals surface area contributed by atoms with Gasteiger partial charge in [0, 0.05) is 23.3 Å². The molecule has 1 saturated carbocycles. The smallest absolute Gasteiger partial charge is 0.0908 e. The van der Waals surface area contributed by atoms with E-state index in [0.29, 0.717) is 19.3 Å². The number of pyridine rings is 1. The average Bonchev–Trinajstić information content (AvgIpc) is 2.55. The molecule has 0 saturated heterocycles. The molecule has 1 aromatic heterocycles. The van der Waals surface area contributed by atoms with Gasteiger partial charge in [-0.05, 0) is 40.4 Å². The van der Waals surface area contributed by atoms with Gasteiger partial charge in [-0.25, -0.2) is 0 Å². The molecular formula is C14H20BrNO2. The summed E-state index contributed by atoms with van der Waals surface area (Å²) < 4.78 is 0.903. The minimum Gasteiger partial charge on any atom is -0.390 e. The van der Waals surface area contributed by atoms with Crippen LogP contribution in [0.3, 0.4) is 0 Å². The Morgan fingerprint density at radius 3 is 2.50 bits per heavy atom. The van der Waals surface area contributed by atoms with Gasteiger partial charge in [0.05, 0.1) is 11.7 Å². The highest BCUT2D eigenvalue weighted by Crippen LogP contribution is 2.31. The van der Waals surface area contributed by atoms with Crippen molar-refractivity contribution < 1.29 is 10.2 Å². The van der Waals surface area contributed by atoms with Gasteiger partial charge in [0.2, 0.25) is 0 Å². The fourth-order valence-electron chi connectivity index (χ4n) is 2.65. The van der Waals surface area contributed by atoms with Crippen molar-refractivity contribution in [2.24, 2.45) is 0 Å². The van der Waals surface area contributed by atoms with Gasteiger partial charge in [-0.2, -0.15) is 0 Å². The molecule has 0 amide bonds. The van der Waals surface area contributed by atoms with Crippen molar-refractivity contribution in [3.63, 3.8) is 0 Å². The van der Waals surface area contributed by atoms with Crippen molar-refractivity contribution in [1.29, 1.82) is 0 Å². The number of rotatable bonds is 3. The van der Waals surface area contributed by atoms with E-state index in [0.717, 1.165) is 35.7 Å². The molecule has 1 unspecified atom stereocenters. The topological polar surface area (TPSA) is 53.4 Å². The van der Waals surface area contributed by atoms with Crippen LogP contribution in [0.1, 0.15) is 44.1 Å². The van der Waals surface area contributed by atoms with Gasteiger partial charge in [-0.15, -0.1) is 0 Å². The van der Waals surface area contributed by atoms with E-state index in [2.05, 4.69) is 20.9 Å². The summed E-state index contributed by atoms with van der Waals surface area (Å²) in [6.07, 6.45) is 8.96. The molecule has 1 aliphatic carbocycles. The second kappa shape index (κ2) is 6.13. The Morgan fingerprint density at radius 2 is 1.89 bits per heavy atom. The first-order valence-electron chi connectivity index (χ1n) is 6.60. The minimum absolute atomic E-state index is 0.461. The Balaban J connectivity index is 2.03. The molecule has 0 bridgehead atoms. The van der Waals surface area contributed by atoms with E-state index in [-0.39, 0.29) is 0 Å². The molecule has 100 valence electrons. The van der Waals surface area contributed by atoms with Crippen LogP contribution >= 0.6 is 15.9 Å². The lowest BCUT2D eigenvalue weighted by Gasteiger charge is -2.32. The van der Waals surface area contributed by atoms with Gasteiger partial charge in [0.15, 0.2) is 0 Å². The summed E-state index contributed by atoms with van der Waals surface area (Å²) in [5, 5.41) is 20.9. The molecule has 4 heteroatoms. The Labute approximate surface area is 116 Å². The van der Waals surface area contributed by atoms with Crippen LogP contribution in [0.25, 0.3) is 0 Å². The molecule has 2 rings (SSSR count). The van der Waals surface area contributed by atoms with Crippen LogP contribution in [0.4, 0.5) is 0 Å². The highest BCUT2D eigenvalue weighted by molar-refractivity contribution is 9.10. The summed E-state index contributed by atoms with van der Waals surface area (Å²) in [6.45, 7) is 0. The molecule has 1 aromatic rings. The number of aromatic nitrogens is 1. The number of nitrogens with zero attached hydrogens (tertiary/aromatic N) is 1. The predicted octanol–water partition coefficient (Wildman–Crippen LogP) is 2.83. The summed E-state index contributed by atoms with van der Waals surface area (Å²) in [6, 6.07) is 1.94. The highest BCUT2D eigenvalue weighted by Gasteiger charge is 2.35. The number of halogens is 1. The van der Waals surface area contributed by atoms with Crippen LogP contribution in [-0.2, 0) is 6.42 Å². The fourth-order valence-corrected chi connectivity index (χ4v) is 3.07. The number of hydrogen-bond acceptors (Lipinski definition) is 3. The molecule has 0 aliphatic heterocycles. The SMILES string of the molecule is OC(Cc1cncc(Br)c1)C1(O)CCCCCC1. The van der Waals surface area contributed by atoms with E-state index in [4.69, 9.17) is 0 Å². The zero-order valence-corrected chi connectivity index (χ0v) is 12.1. The Hall–Kier alpha value is -0.450. The third-order valence-electron chi connectivity index (χ3n) is 3.78. The number of hydrogen-bond donors (Lipinski definition) is 2. The van der Waals surface area contributed by atoms with E-state index >= 15 is 0 Å². The van der Waals surface area contributed by atoms with Crippen LogP contribution < -0.4 is 0 Å². The molecule has 1 fully saturated rings. The van der Waals surface area contributed by atoms with Crippen LogP contribution in [0.2, 0.25) is 0 Å². The third-order valence-corrected chi connectivity index (χ3v) is 4.21. The van der Waals surface area contributed by atoms with E-state index in [9.17, 15) is 10.2 Å². The normalized spacial score (nSPS) is 21.3. The Kier molecular flexibility index (Phi) is 4.76. The zero-order valence-electron chi connectivity index (χ0n) is 10.5. The largest absolute Gasteiger partial charge is 0.390 e. The standard InChI is InChI=1S/C14H20BrNO2/c15-12-7-11(9-16-10-12)8-13(17)14(18)5-3-1-2-4-6-14/h7,9-10,13,17-18H,1-6,8H2. The van der Waals surface area contributed by atoms with Crippen LogP contribution in [-0.4, -0.2) is 26.9 Å². The summed E-state index contributed by atoms with van der Waals surface area (Å²) in [7, 11) is 0. The second-order valence-corrected chi connectivity index (χ2v) is 6.16. The van der Waals surface area contributed by atoms with Gasteiger partial charge >= 0.3 is 0 Å². The Bertz CT molecular complexity index is 389. The van der Waals surface area contributed by atoms with E-state index in [1.54, 1.807) is 12.4 Å². The Morgan fingerprint density at radius 1 is 1.22 bits per heavy atom. The van der Waals surface area contributed by atoms with Crippen LogP contribution in [0.5, 0.6) is 0 Å². The van der Waals surface area contributed by atoms with Gasteiger partial charge in [0.25, 0.3) is 0 Å². The molecule has 0 aromatic carbocycles. The van der Waals surface area contributed by atoms with E-state index in [1.165, 1.54) is 0 Å². The first kappa shape index (κ1) is 14.0. The van der Waals surface area contributed by atoms with Gasteiger partial charge in [0.1, 0.15) is 0 Å². The first-order chi connectivity index (χ1) is 8.60. The quantitative estimate of drug-likeness (QED) is 0.844. The maximum atomic E-state index is 10.6. The van der Waals surface area contributed by atoms with Crippen molar-refractivity contribution in [2.45, 2.75) is 56.7 Å². The van der Waals surface area contributed by atoms with Gasteiger partial charge in [-0.3, -0.25) is 4.98 Å². The lowest BCUT2D eigenvalue weighted by molar-refractivity contribution is -0.0836. The summed E-state index contributed by atoms with van der Waals surface area (Å²) >= 11 is 3.37. The summed E-state index contributed by atoms with van der Waals surface area (Å²) in [5.74, 6) is 0. The summed E-state index contributed by atoms with van der Waals surface area (Å²) in [4.78, 5) is 4.08. The molecule has 18 heavy (non-hydrogen) atoms. The van der Waals surface area contributed by atoms with Crippen molar-refractivity contribution >= 4 is 15.9 Å². The maximum absolute atomic E-state index is 10.6. The predicted molar refractivity (Wildman–Crippen MR) is 74.3 cm³/mol. The van der Waals surface area contributed by atoms with Crippen molar-refractivity contribution in [1.82, 2.24) is 4.98 Å².